The van der Waals surface area contributed by atoms with E-state index < -0.39 is 0 Å². The van der Waals surface area contributed by atoms with E-state index in [1.807, 2.05) is 24.3 Å². The molecule has 2 aromatic rings. The summed E-state index contributed by atoms with van der Waals surface area (Å²) in [6.45, 7) is 0.862. The minimum absolute atomic E-state index is 0.614. The average molecular weight is 327 g/mol. The van der Waals surface area contributed by atoms with Gasteiger partial charge < -0.3 is 5.32 Å². The Morgan fingerprint density at radius 1 is 0.950 bits per heavy atom. The second kappa shape index (κ2) is 5.95. The van der Waals surface area contributed by atoms with Crippen LogP contribution in [0.25, 0.3) is 11.1 Å². The molecule has 0 bridgehead atoms. The van der Waals surface area contributed by atoms with Crippen LogP contribution < -0.4 is 5.32 Å². The van der Waals surface area contributed by atoms with Crippen molar-refractivity contribution in [2.45, 2.75) is 25.4 Å². The molecule has 0 unspecified atom stereocenters. The molecule has 0 spiro atoms. The van der Waals surface area contributed by atoms with Gasteiger partial charge in [-0.05, 0) is 48.2 Å². The Bertz CT molecular complexity index is 615. The van der Waals surface area contributed by atoms with Gasteiger partial charge >= 0.3 is 0 Å². The first-order chi connectivity index (χ1) is 9.61. The lowest BCUT2D eigenvalue weighted by Gasteiger charge is -2.09. The van der Waals surface area contributed by atoms with Gasteiger partial charge in [0.1, 0.15) is 0 Å². The van der Waals surface area contributed by atoms with Crippen LogP contribution in [0, 0.1) is 0 Å². The monoisotopic (exact) mass is 325 g/mol. The summed E-state index contributed by atoms with van der Waals surface area (Å²) in [6, 6.07) is 12.3. The Labute approximate surface area is 133 Å². The molecule has 0 aliphatic heterocycles. The Hall–Kier alpha value is -0.730. The largest absolute Gasteiger partial charge is 0.310 e. The van der Waals surface area contributed by atoms with Gasteiger partial charge in [-0.3, -0.25) is 0 Å². The van der Waals surface area contributed by atoms with Gasteiger partial charge in [0.25, 0.3) is 0 Å². The summed E-state index contributed by atoms with van der Waals surface area (Å²) >= 11 is 18.5. The smallest absolute Gasteiger partial charge is 0.0487 e. The highest BCUT2D eigenvalue weighted by Crippen LogP contribution is 2.32. The van der Waals surface area contributed by atoms with E-state index in [2.05, 4.69) is 11.4 Å². The van der Waals surface area contributed by atoms with E-state index in [-0.39, 0.29) is 0 Å². The lowest BCUT2D eigenvalue weighted by molar-refractivity contribution is 0.688. The first-order valence-electron chi connectivity index (χ1n) is 6.60. The molecule has 1 nitrogen and oxygen atoms in total. The van der Waals surface area contributed by atoms with Crippen LogP contribution in [0.5, 0.6) is 0 Å². The van der Waals surface area contributed by atoms with E-state index in [1.165, 1.54) is 18.4 Å². The maximum atomic E-state index is 6.39. The van der Waals surface area contributed by atoms with Gasteiger partial charge in [-0.1, -0.05) is 46.9 Å². The highest BCUT2D eigenvalue weighted by Gasteiger charge is 2.20. The zero-order valence-corrected chi connectivity index (χ0v) is 13.1. The van der Waals surface area contributed by atoms with E-state index in [1.54, 1.807) is 6.07 Å². The molecular weight excluding hydrogens is 313 g/mol. The normalized spacial score (nSPS) is 14.6. The molecule has 1 N–H and O–H groups in total. The molecule has 0 saturated heterocycles. The number of nitrogens with one attached hydrogen (secondary N) is 1. The maximum Gasteiger partial charge on any atom is 0.0487 e. The van der Waals surface area contributed by atoms with E-state index in [9.17, 15) is 0 Å². The number of rotatable bonds is 4. The third kappa shape index (κ3) is 3.48. The topological polar surface area (TPSA) is 12.0 Å². The zero-order chi connectivity index (χ0) is 14.1. The number of benzene rings is 2. The van der Waals surface area contributed by atoms with Crippen LogP contribution in [0.4, 0.5) is 0 Å². The molecular formula is C16H14Cl3N. The molecule has 0 heterocycles. The number of hydrogen-bond acceptors (Lipinski definition) is 1. The Balaban J connectivity index is 1.85. The van der Waals surface area contributed by atoms with E-state index >= 15 is 0 Å². The van der Waals surface area contributed by atoms with Crippen molar-refractivity contribution in [1.29, 1.82) is 0 Å². The summed E-state index contributed by atoms with van der Waals surface area (Å²) < 4.78 is 0. The van der Waals surface area contributed by atoms with Crippen LogP contribution >= 0.6 is 34.8 Å². The second-order valence-corrected chi connectivity index (χ2v) is 6.41. The fourth-order valence-electron chi connectivity index (χ4n) is 2.16. The first-order valence-corrected chi connectivity index (χ1v) is 7.73. The summed E-state index contributed by atoms with van der Waals surface area (Å²) in [5.41, 5.74) is 3.08. The van der Waals surface area contributed by atoms with Gasteiger partial charge in [0.05, 0.1) is 0 Å². The van der Waals surface area contributed by atoms with E-state index in [4.69, 9.17) is 34.8 Å². The lowest BCUT2D eigenvalue weighted by atomic mass is 10.0. The summed E-state index contributed by atoms with van der Waals surface area (Å²) in [5, 5.41) is 5.43. The molecule has 0 radical (unpaired) electrons. The van der Waals surface area contributed by atoms with Crippen LogP contribution in [0.2, 0.25) is 15.1 Å². The van der Waals surface area contributed by atoms with Gasteiger partial charge in [-0.15, -0.1) is 0 Å². The Morgan fingerprint density at radius 3 is 2.25 bits per heavy atom. The molecule has 0 atom stereocenters. The highest BCUT2D eigenvalue weighted by atomic mass is 35.5. The number of hydrogen-bond donors (Lipinski definition) is 1. The van der Waals surface area contributed by atoms with Crippen LogP contribution in [0.1, 0.15) is 18.4 Å². The second-order valence-electron chi connectivity index (χ2n) is 5.13. The fraction of sp³-hybridized carbons (Fsp3) is 0.250. The molecule has 1 aliphatic carbocycles. The molecule has 4 heteroatoms. The van der Waals surface area contributed by atoms with Crippen molar-refractivity contribution in [3.63, 3.8) is 0 Å². The third-order valence-corrected chi connectivity index (χ3v) is 4.13. The van der Waals surface area contributed by atoms with Gasteiger partial charge in [0, 0.05) is 33.2 Å². The first kappa shape index (κ1) is 14.2. The van der Waals surface area contributed by atoms with Crippen molar-refractivity contribution in [2.24, 2.45) is 0 Å². The van der Waals surface area contributed by atoms with Crippen LogP contribution in [0.15, 0.2) is 36.4 Å². The van der Waals surface area contributed by atoms with Crippen molar-refractivity contribution >= 4 is 34.8 Å². The minimum atomic E-state index is 0.614. The number of halogens is 3. The van der Waals surface area contributed by atoms with E-state index in [0.717, 1.165) is 22.7 Å². The maximum absolute atomic E-state index is 6.39. The predicted octanol–water partition coefficient (Wildman–Crippen LogP) is 5.57. The molecule has 1 aliphatic rings. The van der Waals surface area contributed by atoms with Crippen molar-refractivity contribution in [3.05, 3.63) is 57.0 Å². The zero-order valence-electron chi connectivity index (χ0n) is 10.8. The van der Waals surface area contributed by atoms with Crippen LogP contribution in [-0.2, 0) is 6.54 Å². The Kier molecular flexibility index (Phi) is 4.23. The molecule has 3 rings (SSSR count). The summed E-state index contributed by atoms with van der Waals surface area (Å²) in [5.74, 6) is 0. The van der Waals surface area contributed by atoms with Gasteiger partial charge in [-0.2, -0.15) is 0 Å². The van der Waals surface area contributed by atoms with Gasteiger partial charge in [0.15, 0.2) is 0 Å². The molecule has 2 aromatic carbocycles. The molecule has 0 aromatic heterocycles. The quantitative estimate of drug-likeness (QED) is 0.775. The third-order valence-electron chi connectivity index (χ3n) is 3.38. The molecule has 20 heavy (non-hydrogen) atoms. The standard InChI is InChI=1S/C16H14Cl3N/c17-12-6-11(7-13(18)8-12)15-4-1-10(5-16(15)19)9-20-14-2-3-14/h1,4-8,14,20H,2-3,9H2. The Morgan fingerprint density at radius 2 is 1.65 bits per heavy atom. The van der Waals surface area contributed by atoms with Gasteiger partial charge in [-0.25, -0.2) is 0 Å². The van der Waals surface area contributed by atoms with E-state index in [0.29, 0.717) is 16.1 Å². The molecule has 0 amide bonds. The van der Waals surface area contributed by atoms with Gasteiger partial charge in [0.2, 0.25) is 0 Å². The summed E-state index contributed by atoms with van der Waals surface area (Å²) in [7, 11) is 0. The highest BCUT2D eigenvalue weighted by molar-refractivity contribution is 6.36. The lowest BCUT2D eigenvalue weighted by Crippen LogP contribution is -2.15. The summed E-state index contributed by atoms with van der Waals surface area (Å²) in [4.78, 5) is 0. The van der Waals surface area contributed by atoms with Crippen molar-refractivity contribution in [3.8, 4) is 11.1 Å². The van der Waals surface area contributed by atoms with Crippen molar-refractivity contribution in [2.75, 3.05) is 0 Å². The molecule has 104 valence electrons. The average Bonchev–Trinajstić information content (AvgIpc) is 3.19. The summed E-state index contributed by atoms with van der Waals surface area (Å²) in [6.07, 6.45) is 2.57. The van der Waals surface area contributed by atoms with Crippen molar-refractivity contribution < 1.29 is 0 Å². The van der Waals surface area contributed by atoms with Crippen LogP contribution in [-0.4, -0.2) is 6.04 Å². The predicted molar refractivity (Wildman–Crippen MR) is 86.8 cm³/mol. The minimum Gasteiger partial charge on any atom is -0.310 e. The molecule has 1 fully saturated rings. The van der Waals surface area contributed by atoms with Crippen molar-refractivity contribution in [1.82, 2.24) is 5.32 Å². The fourth-order valence-corrected chi connectivity index (χ4v) is 3.00. The SMILES string of the molecule is Clc1cc(Cl)cc(-c2ccc(CNC3CC3)cc2Cl)c1. The molecule has 1 saturated carbocycles. The van der Waals surface area contributed by atoms with Crippen LogP contribution in [0.3, 0.4) is 0 Å².